The van der Waals surface area contributed by atoms with Crippen LogP contribution >= 0.6 is 0 Å². The molecule has 84 valence electrons. The SMILES string of the molecule is Cc1cc(C(F)(F)F)c(C#N)cc1C(N)=O. The van der Waals surface area contributed by atoms with Crippen LogP contribution in [-0.2, 0) is 6.18 Å². The fraction of sp³-hybridized carbons (Fsp3) is 0.200. The molecule has 0 spiro atoms. The number of benzene rings is 1. The molecule has 0 aliphatic carbocycles. The Hall–Kier alpha value is -2.03. The number of alkyl halides is 3. The first-order valence-corrected chi connectivity index (χ1v) is 4.19. The Morgan fingerprint density at radius 2 is 2.00 bits per heavy atom. The van der Waals surface area contributed by atoms with E-state index in [1.165, 1.54) is 13.0 Å². The standard InChI is InChI=1S/C10H7F3N2O/c1-5-2-8(10(11,12)13)6(4-14)3-7(5)9(15)16/h2-3H,1H3,(H2,15,16). The van der Waals surface area contributed by atoms with Crippen LogP contribution in [0.5, 0.6) is 0 Å². The first kappa shape index (κ1) is 12.0. The van der Waals surface area contributed by atoms with Gasteiger partial charge in [-0.1, -0.05) is 0 Å². The summed E-state index contributed by atoms with van der Waals surface area (Å²) in [7, 11) is 0. The molecule has 0 radical (unpaired) electrons. The van der Waals surface area contributed by atoms with Crippen LogP contribution in [0.2, 0.25) is 0 Å². The number of rotatable bonds is 1. The third kappa shape index (κ3) is 2.14. The summed E-state index contributed by atoms with van der Waals surface area (Å²) in [4.78, 5) is 10.9. The Kier molecular flexibility index (Phi) is 2.90. The molecule has 1 amide bonds. The van der Waals surface area contributed by atoms with Gasteiger partial charge >= 0.3 is 6.18 Å². The fourth-order valence-electron chi connectivity index (χ4n) is 1.30. The van der Waals surface area contributed by atoms with Crippen molar-refractivity contribution in [3.05, 3.63) is 34.4 Å². The third-order valence-electron chi connectivity index (χ3n) is 2.06. The molecule has 0 aromatic heterocycles. The van der Waals surface area contributed by atoms with Crippen LogP contribution < -0.4 is 5.73 Å². The molecule has 0 fully saturated rings. The van der Waals surface area contributed by atoms with E-state index < -0.39 is 23.2 Å². The van der Waals surface area contributed by atoms with E-state index in [2.05, 4.69) is 0 Å². The summed E-state index contributed by atoms with van der Waals surface area (Å²) in [5.41, 5.74) is 3.32. The summed E-state index contributed by atoms with van der Waals surface area (Å²) in [6, 6.07) is 3.01. The Morgan fingerprint density at radius 1 is 1.44 bits per heavy atom. The first-order valence-electron chi connectivity index (χ1n) is 4.19. The van der Waals surface area contributed by atoms with Gasteiger partial charge in [0.2, 0.25) is 5.91 Å². The highest BCUT2D eigenvalue weighted by molar-refractivity contribution is 5.94. The maximum atomic E-state index is 12.5. The number of amides is 1. The van der Waals surface area contributed by atoms with Gasteiger partial charge in [0.1, 0.15) is 0 Å². The quantitative estimate of drug-likeness (QED) is 0.798. The minimum absolute atomic E-state index is 0.0791. The lowest BCUT2D eigenvalue weighted by Gasteiger charge is -2.11. The number of nitrogens with zero attached hydrogens (tertiary/aromatic N) is 1. The van der Waals surface area contributed by atoms with Crippen molar-refractivity contribution < 1.29 is 18.0 Å². The Labute approximate surface area is 89.3 Å². The number of primary amides is 1. The number of nitriles is 1. The Balaban J connectivity index is 3.52. The van der Waals surface area contributed by atoms with Crippen molar-refractivity contribution in [2.75, 3.05) is 0 Å². The van der Waals surface area contributed by atoms with Gasteiger partial charge in [0.05, 0.1) is 17.2 Å². The van der Waals surface area contributed by atoms with Crippen molar-refractivity contribution in [1.82, 2.24) is 0 Å². The molecule has 1 rings (SSSR count). The van der Waals surface area contributed by atoms with Crippen molar-refractivity contribution in [1.29, 1.82) is 5.26 Å². The van der Waals surface area contributed by atoms with Crippen LogP contribution in [0.15, 0.2) is 12.1 Å². The lowest BCUT2D eigenvalue weighted by Crippen LogP contribution is -2.16. The first-order chi connectivity index (χ1) is 7.27. The molecule has 2 N–H and O–H groups in total. The number of hydrogen-bond acceptors (Lipinski definition) is 2. The van der Waals surface area contributed by atoms with E-state index in [4.69, 9.17) is 11.0 Å². The predicted molar refractivity (Wildman–Crippen MR) is 49.4 cm³/mol. The highest BCUT2D eigenvalue weighted by Crippen LogP contribution is 2.33. The molecule has 0 saturated heterocycles. The second kappa shape index (κ2) is 3.85. The van der Waals surface area contributed by atoms with Gasteiger partial charge in [-0.25, -0.2) is 0 Å². The van der Waals surface area contributed by atoms with Crippen LogP contribution in [0.25, 0.3) is 0 Å². The van der Waals surface area contributed by atoms with Gasteiger partial charge in [-0.15, -0.1) is 0 Å². The smallest absolute Gasteiger partial charge is 0.366 e. The molecule has 3 nitrogen and oxygen atoms in total. The zero-order chi connectivity index (χ0) is 12.5. The lowest BCUT2D eigenvalue weighted by molar-refractivity contribution is -0.137. The molecule has 0 aliphatic rings. The Morgan fingerprint density at radius 3 is 2.38 bits per heavy atom. The van der Waals surface area contributed by atoms with Gasteiger partial charge in [0.15, 0.2) is 0 Å². The molecular weight excluding hydrogens is 221 g/mol. The molecule has 0 aliphatic heterocycles. The Bertz CT molecular complexity index is 486. The van der Waals surface area contributed by atoms with Crippen molar-refractivity contribution in [2.24, 2.45) is 5.73 Å². The number of aryl methyl sites for hydroxylation is 1. The maximum Gasteiger partial charge on any atom is 0.417 e. The van der Waals surface area contributed by atoms with Crippen LogP contribution in [0.1, 0.15) is 27.0 Å². The van der Waals surface area contributed by atoms with Gasteiger partial charge in [-0.3, -0.25) is 4.79 Å². The van der Waals surface area contributed by atoms with Gasteiger partial charge in [0.25, 0.3) is 0 Å². The molecule has 1 aromatic carbocycles. The lowest BCUT2D eigenvalue weighted by atomic mass is 9.99. The number of carbonyl (C=O) groups is 1. The van der Waals surface area contributed by atoms with Gasteiger partial charge in [-0.2, -0.15) is 18.4 Å². The van der Waals surface area contributed by atoms with E-state index in [0.29, 0.717) is 0 Å². The molecule has 0 atom stereocenters. The molecule has 1 aromatic rings. The van der Waals surface area contributed by atoms with Crippen molar-refractivity contribution >= 4 is 5.91 Å². The molecule has 0 bridgehead atoms. The van der Waals surface area contributed by atoms with Crippen LogP contribution in [0.3, 0.4) is 0 Å². The van der Waals surface area contributed by atoms with E-state index in [0.717, 1.165) is 12.1 Å². The summed E-state index contributed by atoms with van der Waals surface area (Å²) in [5.74, 6) is -0.859. The van der Waals surface area contributed by atoms with E-state index in [1.54, 1.807) is 0 Å². The van der Waals surface area contributed by atoms with Crippen molar-refractivity contribution in [2.45, 2.75) is 13.1 Å². The summed E-state index contributed by atoms with van der Waals surface area (Å²) in [6.45, 7) is 1.33. The van der Waals surface area contributed by atoms with Gasteiger partial charge in [-0.05, 0) is 24.6 Å². The van der Waals surface area contributed by atoms with Gasteiger partial charge < -0.3 is 5.73 Å². The zero-order valence-electron chi connectivity index (χ0n) is 8.22. The zero-order valence-corrected chi connectivity index (χ0v) is 8.22. The average molecular weight is 228 g/mol. The molecular formula is C10H7F3N2O. The number of hydrogen-bond donors (Lipinski definition) is 1. The number of carbonyl (C=O) groups excluding carboxylic acids is 1. The molecule has 0 heterocycles. The summed E-state index contributed by atoms with van der Waals surface area (Å²) in [6.07, 6.45) is -4.62. The highest BCUT2D eigenvalue weighted by atomic mass is 19.4. The van der Waals surface area contributed by atoms with Crippen LogP contribution in [0, 0.1) is 18.3 Å². The molecule has 0 saturated carbocycles. The van der Waals surface area contributed by atoms with E-state index in [-0.39, 0.29) is 11.1 Å². The van der Waals surface area contributed by atoms with Crippen LogP contribution in [-0.4, -0.2) is 5.91 Å². The van der Waals surface area contributed by atoms with Crippen LogP contribution in [0.4, 0.5) is 13.2 Å². The monoisotopic (exact) mass is 228 g/mol. The number of nitrogens with two attached hydrogens (primary N) is 1. The average Bonchev–Trinajstić information content (AvgIpc) is 2.15. The third-order valence-corrected chi connectivity index (χ3v) is 2.06. The second-order valence-electron chi connectivity index (χ2n) is 3.19. The molecule has 16 heavy (non-hydrogen) atoms. The maximum absolute atomic E-state index is 12.5. The van der Waals surface area contributed by atoms with Crippen molar-refractivity contribution in [3.63, 3.8) is 0 Å². The van der Waals surface area contributed by atoms with Gasteiger partial charge in [0, 0.05) is 5.56 Å². The van der Waals surface area contributed by atoms with E-state index in [9.17, 15) is 18.0 Å². The topological polar surface area (TPSA) is 66.9 Å². The number of halogens is 3. The highest BCUT2D eigenvalue weighted by Gasteiger charge is 2.34. The minimum atomic E-state index is -4.62. The predicted octanol–water partition coefficient (Wildman–Crippen LogP) is 1.98. The largest absolute Gasteiger partial charge is 0.417 e. The summed E-state index contributed by atoms with van der Waals surface area (Å²) >= 11 is 0. The van der Waals surface area contributed by atoms with Crippen molar-refractivity contribution in [3.8, 4) is 6.07 Å². The molecule has 0 unspecified atom stereocenters. The van der Waals surface area contributed by atoms with E-state index >= 15 is 0 Å². The minimum Gasteiger partial charge on any atom is -0.366 e. The normalized spacial score (nSPS) is 10.9. The molecule has 6 heteroatoms. The summed E-state index contributed by atoms with van der Waals surface area (Å²) in [5, 5.41) is 8.58. The summed E-state index contributed by atoms with van der Waals surface area (Å²) < 4.78 is 37.4. The second-order valence-corrected chi connectivity index (χ2v) is 3.19. The fourth-order valence-corrected chi connectivity index (χ4v) is 1.30. The van der Waals surface area contributed by atoms with E-state index in [1.807, 2.05) is 0 Å².